The van der Waals surface area contributed by atoms with Crippen molar-refractivity contribution >= 4 is 28.9 Å². The molecule has 0 saturated carbocycles. The predicted octanol–water partition coefficient (Wildman–Crippen LogP) is 2.14. The number of hydrogen-bond donors (Lipinski definition) is 3. The minimum atomic E-state index is -1.16. The Balaban J connectivity index is 2.92. The van der Waals surface area contributed by atoms with Gasteiger partial charge in [-0.15, -0.1) is 0 Å². The van der Waals surface area contributed by atoms with Crippen LogP contribution in [0.3, 0.4) is 0 Å². The molecular formula is C11H11ClN2O3. The summed E-state index contributed by atoms with van der Waals surface area (Å²) in [4.78, 5) is 14.0. The molecule has 1 unspecified atom stereocenters. The van der Waals surface area contributed by atoms with Gasteiger partial charge in [0.25, 0.3) is 0 Å². The first kappa shape index (κ1) is 13.3. The minimum absolute atomic E-state index is 0.236. The van der Waals surface area contributed by atoms with Crippen molar-refractivity contribution in [3.05, 3.63) is 34.6 Å². The quantitative estimate of drug-likeness (QED) is 0.720. The molecule has 0 aliphatic rings. The third-order valence-corrected chi connectivity index (χ3v) is 2.44. The summed E-state index contributed by atoms with van der Waals surface area (Å²) in [6, 6.07) is 3.36. The van der Waals surface area contributed by atoms with Crippen LogP contribution in [0.2, 0.25) is 5.02 Å². The van der Waals surface area contributed by atoms with E-state index in [0.29, 0.717) is 11.4 Å². The fraction of sp³-hybridized carbons (Fsp3) is 0.273. The third kappa shape index (κ3) is 3.34. The summed E-state index contributed by atoms with van der Waals surface area (Å²) in [7, 11) is 0. The maximum absolute atomic E-state index is 10.8. The van der Waals surface area contributed by atoms with Crippen LogP contribution in [-0.4, -0.2) is 28.3 Å². The Morgan fingerprint density at radius 3 is 2.65 bits per heavy atom. The van der Waals surface area contributed by atoms with E-state index in [1.54, 1.807) is 0 Å². The van der Waals surface area contributed by atoms with Crippen molar-refractivity contribution in [1.29, 1.82) is 0 Å². The lowest BCUT2D eigenvalue weighted by Gasteiger charge is -2.18. The smallest absolute Gasteiger partial charge is 0.328 e. The number of benzene rings is 1. The number of carboxylic acid groups (broad SMARTS) is 1. The van der Waals surface area contributed by atoms with Gasteiger partial charge in [-0.25, -0.2) is 9.64 Å². The van der Waals surface area contributed by atoms with Crippen molar-refractivity contribution in [2.75, 3.05) is 5.32 Å². The molecule has 0 bridgehead atoms. The lowest BCUT2D eigenvalue weighted by Crippen LogP contribution is -2.38. The minimum Gasteiger partial charge on any atom is -0.480 e. The van der Waals surface area contributed by atoms with Gasteiger partial charge in [0.15, 0.2) is 6.04 Å². The first-order valence-electron chi connectivity index (χ1n) is 4.80. The van der Waals surface area contributed by atoms with E-state index in [1.165, 1.54) is 25.1 Å². The Kier molecular flexibility index (Phi) is 4.32. The number of rotatable bonds is 4. The molecule has 0 fully saturated rings. The normalized spacial score (nSPS) is 13.5. The van der Waals surface area contributed by atoms with Gasteiger partial charge >= 0.3 is 5.97 Å². The fourth-order valence-corrected chi connectivity index (χ4v) is 1.48. The number of anilines is 1. The van der Waals surface area contributed by atoms with Gasteiger partial charge in [-0.2, -0.15) is 0 Å². The van der Waals surface area contributed by atoms with E-state index in [2.05, 4.69) is 10.2 Å². The molecule has 1 rings (SSSR count). The summed E-state index contributed by atoms with van der Waals surface area (Å²) in [5, 5.41) is 21.0. The van der Waals surface area contributed by atoms with Gasteiger partial charge in [0.2, 0.25) is 5.69 Å². The zero-order chi connectivity index (χ0) is 13.0. The van der Waals surface area contributed by atoms with Crippen molar-refractivity contribution in [2.24, 2.45) is 0 Å². The molecule has 2 atom stereocenters. The molecule has 6 heteroatoms. The summed E-state index contributed by atoms with van der Waals surface area (Å²) in [5.41, 5.74) is 0.733. The van der Waals surface area contributed by atoms with Crippen molar-refractivity contribution in [3.63, 3.8) is 0 Å². The Hall–Kier alpha value is -1.77. The predicted molar refractivity (Wildman–Crippen MR) is 64.4 cm³/mol. The summed E-state index contributed by atoms with van der Waals surface area (Å²) in [5.74, 6) is -1.16. The van der Waals surface area contributed by atoms with Gasteiger partial charge in [-0.1, -0.05) is 17.7 Å². The number of halogens is 1. The van der Waals surface area contributed by atoms with E-state index in [0.717, 1.165) is 0 Å². The van der Waals surface area contributed by atoms with Gasteiger partial charge < -0.3 is 15.5 Å². The Labute approximate surface area is 103 Å². The third-order valence-electron chi connectivity index (χ3n) is 2.14. The molecule has 3 N–H and O–H groups in total. The van der Waals surface area contributed by atoms with Crippen LogP contribution in [0.25, 0.3) is 4.85 Å². The summed E-state index contributed by atoms with van der Waals surface area (Å²) in [6.45, 7) is 8.19. The molecule has 1 aromatic carbocycles. The largest absolute Gasteiger partial charge is 0.480 e. The second-order valence-electron chi connectivity index (χ2n) is 3.48. The average Bonchev–Trinajstić information content (AvgIpc) is 2.25. The van der Waals surface area contributed by atoms with E-state index in [9.17, 15) is 9.90 Å². The molecule has 1 aromatic rings. The van der Waals surface area contributed by atoms with Crippen LogP contribution in [0.5, 0.6) is 0 Å². The number of hydrogen-bond acceptors (Lipinski definition) is 3. The van der Waals surface area contributed by atoms with Crippen LogP contribution >= 0.6 is 11.6 Å². The Bertz CT molecular complexity index is 468. The van der Waals surface area contributed by atoms with Crippen LogP contribution < -0.4 is 5.32 Å². The fourth-order valence-electron chi connectivity index (χ4n) is 1.26. The molecule has 90 valence electrons. The second-order valence-corrected chi connectivity index (χ2v) is 3.89. The lowest BCUT2D eigenvalue weighted by molar-refractivity contribution is -0.140. The highest BCUT2D eigenvalue weighted by molar-refractivity contribution is 6.33. The zero-order valence-electron chi connectivity index (χ0n) is 9.01. The highest BCUT2D eigenvalue weighted by Gasteiger charge is 2.22. The molecule has 0 heterocycles. The van der Waals surface area contributed by atoms with E-state index in [1.807, 2.05) is 0 Å². The van der Waals surface area contributed by atoms with Gasteiger partial charge in [-0.3, -0.25) is 0 Å². The SMILES string of the molecule is [C-]#[N+]c1ccc(NC(C(=O)O)[C@@H](C)O)cc1Cl. The maximum Gasteiger partial charge on any atom is 0.328 e. The van der Waals surface area contributed by atoms with Crippen LogP contribution in [0.4, 0.5) is 11.4 Å². The van der Waals surface area contributed by atoms with Crippen molar-refractivity contribution in [2.45, 2.75) is 19.1 Å². The van der Waals surface area contributed by atoms with Crippen molar-refractivity contribution < 1.29 is 15.0 Å². The molecule has 17 heavy (non-hydrogen) atoms. The molecule has 0 spiro atoms. The van der Waals surface area contributed by atoms with Crippen LogP contribution in [-0.2, 0) is 4.79 Å². The Morgan fingerprint density at radius 1 is 1.59 bits per heavy atom. The second kappa shape index (κ2) is 5.53. The van der Waals surface area contributed by atoms with Crippen molar-refractivity contribution in [1.82, 2.24) is 0 Å². The molecule has 0 aromatic heterocycles. The van der Waals surface area contributed by atoms with E-state index in [-0.39, 0.29) is 5.02 Å². The number of carbonyl (C=O) groups is 1. The molecule has 0 aliphatic carbocycles. The molecule has 0 saturated heterocycles. The molecule has 0 amide bonds. The van der Waals surface area contributed by atoms with E-state index < -0.39 is 18.1 Å². The first-order valence-corrected chi connectivity index (χ1v) is 5.18. The number of nitrogens with one attached hydrogen (secondary N) is 1. The van der Waals surface area contributed by atoms with Gasteiger partial charge in [0.1, 0.15) is 0 Å². The highest BCUT2D eigenvalue weighted by atomic mass is 35.5. The zero-order valence-corrected chi connectivity index (χ0v) is 9.77. The van der Waals surface area contributed by atoms with Crippen molar-refractivity contribution in [3.8, 4) is 0 Å². The van der Waals surface area contributed by atoms with Gasteiger partial charge in [-0.05, 0) is 19.1 Å². The van der Waals surface area contributed by atoms with Crippen LogP contribution in [0.15, 0.2) is 18.2 Å². The van der Waals surface area contributed by atoms with Crippen LogP contribution in [0, 0.1) is 6.57 Å². The van der Waals surface area contributed by atoms with Crippen LogP contribution in [0.1, 0.15) is 6.92 Å². The van der Waals surface area contributed by atoms with Gasteiger partial charge in [0.05, 0.1) is 12.7 Å². The molecule has 5 nitrogen and oxygen atoms in total. The van der Waals surface area contributed by atoms with Gasteiger partial charge in [0, 0.05) is 10.7 Å². The molecular weight excluding hydrogens is 244 g/mol. The summed E-state index contributed by atoms with van der Waals surface area (Å²) < 4.78 is 0. The standard InChI is InChI=1S/C11H11ClN2O3/c1-6(15)10(11(16)17)14-7-3-4-9(13-2)8(12)5-7/h3-6,10,14-15H,1H3,(H,16,17)/t6-,10?/m1/s1. The van der Waals surface area contributed by atoms with E-state index >= 15 is 0 Å². The molecule has 0 radical (unpaired) electrons. The average molecular weight is 255 g/mol. The lowest BCUT2D eigenvalue weighted by atomic mass is 10.1. The highest BCUT2D eigenvalue weighted by Crippen LogP contribution is 2.28. The molecule has 0 aliphatic heterocycles. The first-order chi connectivity index (χ1) is 7.95. The number of carboxylic acids is 1. The topological polar surface area (TPSA) is 73.9 Å². The number of aliphatic hydroxyl groups excluding tert-OH is 1. The summed E-state index contributed by atoms with van der Waals surface area (Å²) >= 11 is 5.81. The number of aliphatic carboxylic acids is 1. The van der Waals surface area contributed by atoms with E-state index in [4.69, 9.17) is 23.3 Å². The summed E-state index contributed by atoms with van der Waals surface area (Å²) in [6.07, 6.45) is -1.05. The maximum atomic E-state index is 10.8. The monoisotopic (exact) mass is 254 g/mol. The Morgan fingerprint density at radius 2 is 2.24 bits per heavy atom. The number of aliphatic hydroxyl groups is 1. The number of nitrogens with zero attached hydrogens (tertiary/aromatic N) is 1.